The number of pyridine rings is 1. The summed E-state index contributed by atoms with van der Waals surface area (Å²) in [4.78, 5) is 37.4. The Balaban J connectivity index is 1.32. The highest BCUT2D eigenvalue weighted by molar-refractivity contribution is 6.06. The Hall–Kier alpha value is -4.98. The van der Waals surface area contributed by atoms with Crippen LogP contribution >= 0.6 is 0 Å². The Morgan fingerprint density at radius 3 is 2.49 bits per heavy atom. The van der Waals surface area contributed by atoms with E-state index in [1.807, 2.05) is 85.9 Å². The predicted molar refractivity (Wildman–Crippen MR) is 145 cm³/mol. The van der Waals surface area contributed by atoms with E-state index in [-0.39, 0.29) is 17.0 Å². The van der Waals surface area contributed by atoms with Crippen LogP contribution in [0.25, 0.3) is 16.6 Å². The number of aromatic nitrogens is 3. The first-order valence-electron chi connectivity index (χ1n) is 11.9. The van der Waals surface area contributed by atoms with Gasteiger partial charge in [-0.15, -0.1) is 0 Å². The van der Waals surface area contributed by atoms with E-state index in [9.17, 15) is 9.59 Å². The first-order chi connectivity index (χ1) is 18.0. The summed E-state index contributed by atoms with van der Waals surface area (Å²) in [6.45, 7) is 0.736. The van der Waals surface area contributed by atoms with E-state index in [1.165, 1.54) is 6.33 Å². The van der Waals surface area contributed by atoms with Crippen molar-refractivity contribution in [3.8, 4) is 5.69 Å². The van der Waals surface area contributed by atoms with Crippen molar-refractivity contribution in [1.29, 1.82) is 0 Å². The van der Waals surface area contributed by atoms with Crippen LogP contribution in [0.2, 0.25) is 0 Å². The molecule has 1 unspecified atom stereocenters. The van der Waals surface area contributed by atoms with Crippen molar-refractivity contribution < 1.29 is 4.79 Å². The van der Waals surface area contributed by atoms with Gasteiger partial charge in [0.1, 0.15) is 23.5 Å². The summed E-state index contributed by atoms with van der Waals surface area (Å²) in [7, 11) is 1.98. The lowest BCUT2D eigenvalue weighted by Gasteiger charge is -2.15. The highest BCUT2D eigenvalue weighted by Gasteiger charge is 2.31. The fraction of sp³-hybridized carbons (Fsp3) is 0.103. The van der Waals surface area contributed by atoms with E-state index in [4.69, 9.17) is 5.73 Å². The Morgan fingerprint density at radius 2 is 1.70 bits per heavy atom. The van der Waals surface area contributed by atoms with Gasteiger partial charge in [0, 0.05) is 36.4 Å². The number of nitrogen functional groups attached to an aromatic ring is 1. The second-order valence-corrected chi connectivity index (χ2v) is 9.10. The zero-order valence-electron chi connectivity index (χ0n) is 20.1. The largest absolute Gasteiger partial charge is 0.383 e. The Bertz CT molecular complexity index is 1700. The maximum Gasteiger partial charge on any atom is 0.268 e. The van der Waals surface area contributed by atoms with E-state index in [0.717, 1.165) is 34.4 Å². The van der Waals surface area contributed by atoms with Gasteiger partial charge in [-0.2, -0.15) is 0 Å². The molecular weight excluding hydrogens is 464 g/mol. The summed E-state index contributed by atoms with van der Waals surface area (Å²) < 4.78 is 1.58. The van der Waals surface area contributed by atoms with Crippen LogP contribution in [0.15, 0.2) is 96.1 Å². The van der Waals surface area contributed by atoms with Gasteiger partial charge in [-0.05, 0) is 47.3 Å². The molecule has 3 heterocycles. The van der Waals surface area contributed by atoms with Gasteiger partial charge in [0.15, 0.2) is 0 Å². The molecule has 5 aromatic rings. The molecule has 0 fully saturated rings. The first-order valence-corrected chi connectivity index (χ1v) is 11.9. The molecule has 8 heteroatoms. The van der Waals surface area contributed by atoms with Crippen LogP contribution in [0.5, 0.6) is 0 Å². The molecule has 37 heavy (non-hydrogen) atoms. The van der Waals surface area contributed by atoms with Gasteiger partial charge in [0.05, 0.1) is 5.52 Å². The molecule has 3 N–H and O–H groups in total. The summed E-state index contributed by atoms with van der Waals surface area (Å²) in [5, 5.41) is 3.69. The number of hydrogen-bond donors (Lipinski definition) is 2. The summed E-state index contributed by atoms with van der Waals surface area (Å²) in [6, 6.07) is 26.1. The maximum absolute atomic E-state index is 13.5. The fourth-order valence-electron chi connectivity index (χ4n) is 5.02. The average Bonchev–Trinajstić information content (AvgIpc) is 3.26. The second kappa shape index (κ2) is 8.91. The molecule has 6 rings (SSSR count). The number of rotatable bonds is 4. The minimum Gasteiger partial charge on any atom is -0.383 e. The van der Waals surface area contributed by atoms with Gasteiger partial charge in [0.25, 0.3) is 11.5 Å². The van der Waals surface area contributed by atoms with Crippen molar-refractivity contribution in [2.75, 3.05) is 29.5 Å². The Morgan fingerprint density at radius 1 is 0.973 bits per heavy atom. The molecule has 8 nitrogen and oxygen atoms in total. The minimum absolute atomic E-state index is 0.0320. The molecule has 0 spiro atoms. The van der Waals surface area contributed by atoms with Crippen molar-refractivity contribution >= 4 is 34.1 Å². The molecule has 1 aliphatic heterocycles. The van der Waals surface area contributed by atoms with Crippen LogP contribution in [0, 0.1) is 0 Å². The van der Waals surface area contributed by atoms with Crippen LogP contribution in [-0.2, 0) is 0 Å². The number of para-hydroxylation sites is 2. The van der Waals surface area contributed by atoms with Crippen molar-refractivity contribution in [3.63, 3.8) is 0 Å². The number of carbonyl (C=O) groups excluding carboxylic acids is 1. The number of anilines is 3. The lowest BCUT2D eigenvalue weighted by Crippen LogP contribution is -2.28. The topological polar surface area (TPSA) is 106 Å². The van der Waals surface area contributed by atoms with Gasteiger partial charge in [-0.25, -0.2) is 9.97 Å². The fourth-order valence-corrected chi connectivity index (χ4v) is 5.02. The number of nitrogens with one attached hydrogen (secondary N) is 1. The van der Waals surface area contributed by atoms with Crippen LogP contribution in [0.4, 0.5) is 17.3 Å². The number of nitrogens with two attached hydrogens (primary N) is 1. The van der Waals surface area contributed by atoms with E-state index in [1.54, 1.807) is 10.6 Å². The molecule has 0 bridgehead atoms. The molecule has 1 aliphatic rings. The maximum atomic E-state index is 13.5. The lowest BCUT2D eigenvalue weighted by molar-refractivity contribution is 0.102. The summed E-state index contributed by atoms with van der Waals surface area (Å²) in [5.41, 5.74) is 9.86. The van der Waals surface area contributed by atoms with Crippen molar-refractivity contribution in [3.05, 3.63) is 118 Å². The molecule has 3 aromatic carbocycles. The number of amides is 1. The van der Waals surface area contributed by atoms with Crippen molar-refractivity contribution in [1.82, 2.24) is 14.5 Å². The average molecular weight is 489 g/mol. The molecule has 0 radical (unpaired) electrons. The van der Waals surface area contributed by atoms with Crippen molar-refractivity contribution in [2.24, 2.45) is 0 Å². The third-order valence-electron chi connectivity index (χ3n) is 6.80. The normalized spacial score (nSPS) is 14.5. The quantitative estimate of drug-likeness (QED) is 0.393. The Kier molecular flexibility index (Phi) is 5.41. The van der Waals surface area contributed by atoms with Gasteiger partial charge in [-0.3, -0.25) is 14.2 Å². The standard InChI is InChI=1S/C29H24N6O2/c1-34-16-23(25-26(30)31-17-32-27(25)34)18-11-13-20(14-12-18)33-28(36)22-15-19-7-5-6-10-24(19)35(29(22)37)21-8-3-2-4-9-21/h2-15,17,23H,16H2,1H3,(H,33,36)(H2,30,31,32). The van der Waals surface area contributed by atoms with Gasteiger partial charge >= 0.3 is 0 Å². The number of hydrogen-bond acceptors (Lipinski definition) is 6. The third-order valence-corrected chi connectivity index (χ3v) is 6.80. The molecule has 1 atom stereocenters. The number of carbonyl (C=O) groups is 1. The second-order valence-electron chi connectivity index (χ2n) is 9.10. The Labute approximate surface area is 213 Å². The predicted octanol–water partition coefficient (Wildman–Crippen LogP) is 4.20. The van der Waals surface area contributed by atoms with Crippen LogP contribution in [-0.4, -0.2) is 34.0 Å². The van der Waals surface area contributed by atoms with Gasteiger partial charge in [0.2, 0.25) is 0 Å². The van der Waals surface area contributed by atoms with E-state index < -0.39 is 5.91 Å². The van der Waals surface area contributed by atoms with Crippen molar-refractivity contribution in [2.45, 2.75) is 5.92 Å². The number of fused-ring (bicyclic) bond motifs is 2. The number of likely N-dealkylation sites (N-methyl/N-ethyl adjacent to an activating group) is 1. The van der Waals surface area contributed by atoms with Gasteiger partial charge in [-0.1, -0.05) is 48.5 Å². The van der Waals surface area contributed by atoms with Crippen LogP contribution in [0.1, 0.15) is 27.4 Å². The molecule has 0 aliphatic carbocycles. The summed E-state index contributed by atoms with van der Waals surface area (Å²) in [5.74, 6) is 0.880. The highest BCUT2D eigenvalue weighted by Crippen LogP contribution is 2.40. The molecule has 2 aromatic heterocycles. The molecular formula is C29H24N6O2. The number of benzene rings is 3. The molecule has 0 saturated heterocycles. The molecule has 0 saturated carbocycles. The van der Waals surface area contributed by atoms with E-state index in [0.29, 0.717) is 17.2 Å². The third kappa shape index (κ3) is 3.88. The highest BCUT2D eigenvalue weighted by atomic mass is 16.2. The zero-order chi connectivity index (χ0) is 25.5. The summed E-state index contributed by atoms with van der Waals surface area (Å²) in [6.07, 6.45) is 1.48. The first kappa shape index (κ1) is 22.5. The number of nitrogens with zero attached hydrogens (tertiary/aromatic N) is 4. The van der Waals surface area contributed by atoms with E-state index in [2.05, 4.69) is 20.2 Å². The molecule has 1 amide bonds. The SMILES string of the molecule is CN1CC(c2ccc(NC(=O)c3cc4ccccc4n(-c4ccccc4)c3=O)cc2)c2c(N)ncnc21. The molecule has 182 valence electrons. The lowest BCUT2D eigenvalue weighted by atomic mass is 9.94. The van der Waals surface area contributed by atoms with Gasteiger partial charge < -0.3 is 16.0 Å². The van der Waals surface area contributed by atoms with E-state index >= 15 is 0 Å². The monoisotopic (exact) mass is 488 g/mol. The minimum atomic E-state index is -0.461. The summed E-state index contributed by atoms with van der Waals surface area (Å²) >= 11 is 0. The van der Waals surface area contributed by atoms with Crippen LogP contribution < -0.4 is 21.5 Å². The zero-order valence-corrected chi connectivity index (χ0v) is 20.1. The van der Waals surface area contributed by atoms with Crippen LogP contribution in [0.3, 0.4) is 0 Å². The smallest absolute Gasteiger partial charge is 0.268 e.